The van der Waals surface area contributed by atoms with E-state index < -0.39 is 0 Å². The average molecular weight is 155 g/mol. The van der Waals surface area contributed by atoms with Crippen LogP contribution in [-0.4, -0.2) is 18.4 Å². The first-order valence-electron chi connectivity index (χ1n) is 3.83. The van der Waals surface area contributed by atoms with Crippen LogP contribution in [0, 0.1) is 0 Å². The fourth-order valence-electron chi connectivity index (χ4n) is 0.573. The van der Waals surface area contributed by atoms with E-state index in [-0.39, 0.29) is 6.04 Å². The number of nitrogens with one attached hydrogen (secondary N) is 1. The normalized spacial score (nSPS) is 14.9. The van der Waals surface area contributed by atoms with Crippen molar-refractivity contribution < 1.29 is 0 Å². The van der Waals surface area contributed by atoms with Gasteiger partial charge in [0, 0.05) is 6.04 Å². The molecule has 0 aliphatic carbocycles. The van der Waals surface area contributed by atoms with Crippen molar-refractivity contribution in [3.05, 3.63) is 12.3 Å². The van der Waals surface area contributed by atoms with E-state index in [0.29, 0.717) is 6.04 Å². The zero-order valence-corrected chi connectivity index (χ0v) is 7.41. The topological polar surface area (TPSA) is 50.4 Å². The lowest BCUT2D eigenvalue weighted by atomic mass is 10.3. The lowest BCUT2D eigenvalue weighted by molar-refractivity contribution is 0.698. The van der Waals surface area contributed by atoms with Crippen LogP contribution >= 0.6 is 0 Å². The molecule has 0 radical (unpaired) electrons. The minimum absolute atomic E-state index is 0.159. The Morgan fingerprint density at radius 1 is 1.36 bits per heavy atom. The Labute approximate surface area is 68.4 Å². The van der Waals surface area contributed by atoms with Crippen molar-refractivity contribution in [1.82, 2.24) is 5.32 Å². The number of nitrogens with two attached hydrogens (primary N) is 1. The molecule has 3 N–H and O–H groups in total. The molecule has 0 saturated carbocycles. The maximum absolute atomic E-state index is 5.11. The number of nitrogens with zero attached hydrogens (tertiary/aromatic N) is 1. The first-order chi connectivity index (χ1) is 5.16. The molecule has 1 unspecified atom stereocenters. The second-order valence-electron chi connectivity index (χ2n) is 2.72. The molecule has 0 saturated heterocycles. The summed E-state index contributed by atoms with van der Waals surface area (Å²) in [6.45, 7) is 6.14. The summed E-state index contributed by atoms with van der Waals surface area (Å²) in [5, 5.41) is 3.14. The summed E-state index contributed by atoms with van der Waals surface area (Å²) >= 11 is 0. The first kappa shape index (κ1) is 10.0. The van der Waals surface area contributed by atoms with E-state index in [2.05, 4.69) is 24.2 Å². The molecule has 64 valence electrons. The third kappa shape index (κ3) is 6.90. The van der Waals surface area contributed by atoms with Gasteiger partial charge in [-0.2, -0.15) is 0 Å². The van der Waals surface area contributed by atoms with E-state index in [0.717, 1.165) is 0 Å². The molecule has 11 heavy (non-hydrogen) atoms. The molecule has 3 heteroatoms. The van der Waals surface area contributed by atoms with Crippen LogP contribution in [0.2, 0.25) is 0 Å². The van der Waals surface area contributed by atoms with Crippen molar-refractivity contribution in [2.75, 3.05) is 0 Å². The minimum Gasteiger partial charge on any atom is -0.390 e. The summed E-state index contributed by atoms with van der Waals surface area (Å²) in [5.41, 5.74) is 5.11. The second kappa shape index (κ2) is 5.77. The molecule has 0 aliphatic rings. The molecule has 0 aliphatic heterocycles. The highest BCUT2D eigenvalue weighted by molar-refractivity contribution is 5.51. The van der Waals surface area contributed by atoms with Crippen molar-refractivity contribution >= 4 is 6.34 Å². The molecule has 0 aromatic rings. The van der Waals surface area contributed by atoms with Crippen molar-refractivity contribution in [3.63, 3.8) is 0 Å². The van der Waals surface area contributed by atoms with Crippen LogP contribution < -0.4 is 11.1 Å². The highest BCUT2D eigenvalue weighted by Crippen LogP contribution is 1.88. The molecule has 0 aromatic carbocycles. The van der Waals surface area contributed by atoms with Crippen LogP contribution in [0.4, 0.5) is 0 Å². The van der Waals surface area contributed by atoms with Gasteiger partial charge >= 0.3 is 0 Å². The van der Waals surface area contributed by atoms with Gasteiger partial charge < -0.3 is 11.1 Å². The maximum atomic E-state index is 5.11. The van der Waals surface area contributed by atoms with Gasteiger partial charge in [0.15, 0.2) is 0 Å². The Balaban J connectivity index is 3.56. The molecule has 0 rings (SSSR count). The average Bonchev–Trinajstić information content (AvgIpc) is 1.87. The molecule has 0 aromatic heterocycles. The minimum atomic E-state index is 0.159. The standard InChI is InChI=1S/C8H17N3/c1-7(2)10-5-4-8(3)11-6-9/h4-8,10H,1-3H3,(H2,9,11)/b5-4+. The highest BCUT2D eigenvalue weighted by Gasteiger charge is 1.88. The van der Waals surface area contributed by atoms with E-state index in [1.54, 1.807) is 0 Å². The molecule has 0 heterocycles. The Morgan fingerprint density at radius 2 is 2.00 bits per heavy atom. The third-order valence-electron chi connectivity index (χ3n) is 1.13. The molecular formula is C8H17N3. The largest absolute Gasteiger partial charge is 0.390 e. The second-order valence-corrected chi connectivity index (χ2v) is 2.72. The fraction of sp³-hybridized carbons (Fsp3) is 0.625. The van der Waals surface area contributed by atoms with E-state index >= 15 is 0 Å². The Morgan fingerprint density at radius 3 is 2.45 bits per heavy atom. The van der Waals surface area contributed by atoms with Crippen LogP contribution in [0.5, 0.6) is 0 Å². The smallest absolute Gasteiger partial charge is 0.0804 e. The maximum Gasteiger partial charge on any atom is 0.0804 e. The fourth-order valence-corrected chi connectivity index (χ4v) is 0.573. The Bertz CT molecular complexity index is 138. The highest BCUT2D eigenvalue weighted by atomic mass is 14.9. The molecule has 0 fully saturated rings. The van der Waals surface area contributed by atoms with Crippen molar-refractivity contribution in [3.8, 4) is 0 Å². The number of rotatable bonds is 4. The van der Waals surface area contributed by atoms with Gasteiger partial charge in [-0.25, -0.2) is 0 Å². The van der Waals surface area contributed by atoms with Crippen molar-refractivity contribution in [2.45, 2.75) is 32.9 Å². The van der Waals surface area contributed by atoms with Gasteiger partial charge in [0.25, 0.3) is 0 Å². The zero-order valence-electron chi connectivity index (χ0n) is 7.41. The predicted octanol–water partition coefficient (Wildman–Crippen LogP) is 0.874. The van der Waals surface area contributed by atoms with Gasteiger partial charge in [-0.1, -0.05) is 0 Å². The van der Waals surface area contributed by atoms with E-state index in [4.69, 9.17) is 5.73 Å². The SMILES string of the molecule is CC(/C=C/NC(C)C)N=CN. The van der Waals surface area contributed by atoms with Crippen molar-refractivity contribution in [1.29, 1.82) is 0 Å². The number of hydrogen-bond acceptors (Lipinski definition) is 2. The summed E-state index contributed by atoms with van der Waals surface area (Å²) < 4.78 is 0. The van der Waals surface area contributed by atoms with Gasteiger partial charge in [-0.3, -0.25) is 4.99 Å². The van der Waals surface area contributed by atoms with E-state index in [9.17, 15) is 0 Å². The Hall–Kier alpha value is -0.990. The van der Waals surface area contributed by atoms with Crippen LogP contribution in [0.15, 0.2) is 17.3 Å². The zero-order chi connectivity index (χ0) is 8.69. The Kier molecular flexibility index (Phi) is 5.25. The predicted molar refractivity (Wildman–Crippen MR) is 49.6 cm³/mol. The van der Waals surface area contributed by atoms with Crippen LogP contribution in [0.25, 0.3) is 0 Å². The lowest BCUT2D eigenvalue weighted by Crippen LogP contribution is -2.15. The van der Waals surface area contributed by atoms with Gasteiger partial charge in [-0.05, 0) is 33.0 Å². The molecule has 3 nitrogen and oxygen atoms in total. The lowest BCUT2D eigenvalue weighted by Gasteiger charge is -2.03. The van der Waals surface area contributed by atoms with E-state index in [1.807, 2.05) is 19.2 Å². The van der Waals surface area contributed by atoms with Crippen LogP contribution in [0.3, 0.4) is 0 Å². The summed E-state index contributed by atoms with van der Waals surface area (Å²) in [4.78, 5) is 3.95. The quantitative estimate of drug-likeness (QED) is 0.467. The summed E-state index contributed by atoms with van der Waals surface area (Å²) in [6.07, 6.45) is 5.19. The van der Waals surface area contributed by atoms with Crippen LogP contribution in [0.1, 0.15) is 20.8 Å². The van der Waals surface area contributed by atoms with Crippen LogP contribution in [-0.2, 0) is 0 Å². The van der Waals surface area contributed by atoms with Gasteiger partial charge in [0.2, 0.25) is 0 Å². The molecule has 0 bridgehead atoms. The summed E-state index contributed by atoms with van der Waals surface area (Å²) in [6, 6.07) is 0.631. The van der Waals surface area contributed by atoms with Gasteiger partial charge in [0.1, 0.15) is 0 Å². The number of aliphatic imine (C=N–C) groups is 1. The van der Waals surface area contributed by atoms with Gasteiger partial charge in [0.05, 0.1) is 12.4 Å². The molecule has 0 spiro atoms. The first-order valence-corrected chi connectivity index (χ1v) is 3.83. The molecule has 0 amide bonds. The molecule has 1 atom stereocenters. The number of hydrogen-bond donors (Lipinski definition) is 2. The van der Waals surface area contributed by atoms with E-state index in [1.165, 1.54) is 6.34 Å². The summed E-state index contributed by atoms with van der Waals surface area (Å²) in [7, 11) is 0. The third-order valence-corrected chi connectivity index (χ3v) is 1.13. The monoisotopic (exact) mass is 155 g/mol. The summed E-state index contributed by atoms with van der Waals surface area (Å²) in [5.74, 6) is 0. The molecular weight excluding hydrogens is 138 g/mol. The van der Waals surface area contributed by atoms with Gasteiger partial charge in [-0.15, -0.1) is 0 Å². The van der Waals surface area contributed by atoms with Crippen molar-refractivity contribution in [2.24, 2.45) is 10.7 Å².